The van der Waals surface area contributed by atoms with Crippen molar-refractivity contribution in [1.82, 2.24) is 14.7 Å². The van der Waals surface area contributed by atoms with Crippen LogP contribution in [0.4, 0.5) is 0 Å². The first-order valence-electron chi connectivity index (χ1n) is 6.89. The second-order valence-corrected chi connectivity index (χ2v) is 6.97. The summed E-state index contributed by atoms with van der Waals surface area (Å²) in [4.78, 5) is 16.5. The van der Waals surface area contributed by atoms with Crippen molar-refractivity contribution in [1.29, 1.82) is 0 Å². The molecule has 0 spiro atoms. The first kappa shape index (κ1) is 16.4. The number of nitrogens with zero attached hydrogens (tertiary/aromatic N) is 2. The molecule has 0 unspecified atom stereocenters. The van der Waals surface area contributed by atoms with Crippen molar-refractivity contribution in [3.8, 4) is 0 Å². The van der Waals surface area contributed by atoms with E-state index >= 15 is 0 Å². The van der Waals surface area contributed by atoms with Crippen LogP contribution in [-0.4, -0.2) is 23.7 Å². The minimum absolute atomic E-state index is 0.0120. The Balaban J connectivity index is 1.82. The van der Waals surface area contributed by atoms with E-state index in [1.165, 1.54) is 12.1 Å². The van der Waals surface area contributed by atoms with E-state index in [1.807, 2.05) is 0 Å². The molecule has 1 amide bonds. The average Bonchev–Trinajstić information content (AvgIpc) is 2.88. The number of carbonyl (C=O) groups excluding carboxylic acids is 1. The van der Waals surface area contributed by atoms with Crippen LogP contribution in [0.1, 0.15) is 16.1 Å². The summed E-state index contributed by atoms with van der Waals surface area (Å²) < 4.78 is 24.3. The Morgan fingerprint density at radius 3 is 2.79 bits per heavy atom. The van der Waals surface area contributed by atoms with Gasteiger partial charge >= 0.3 is 0 Å². The standard InChI is InChI=1S/C15H13ClN4O3S/c16-14-13(20-7-2-1-6-12(20)19-14)15(21)18-9-10-4-3-5-11(8-10)24(17,22)23/h1-8H,9H2,(H,18,21)(H2,17,22,23). The van der Waals surface area contributed by atoms with E-state index in [4.69, 9.17) is 16.7 Å². The molecule has 3 N–H and O–H groups in total. The van der Waals surface area contributed by atoms with Crippen molar-refractivity contribution < 1.29 is 13.2 Å². The van der Waals surface area contributed by atoms with E-state index in [2.05, 4.69) is 10.3 Å². The van der Waals surface area contributed by atoms with E-state index < -0.39 is 15.9 Å². The van der Waals surface area contributed by atoms with Crippen molar-refractivity contribution in [2.75, 3.05) is 0 Å². The maximum absolute atomic E-state index is 12.4. The number of pyridine rings is 1. The molecule has 124 valence electrons. The normalized spacial score (nSPS) is 11.6. The average molecular weight is 365 g/mol. The van der Waals surface area contributed by atoms with Gasteiger partial charge in [0.25, 0.3) is 5.91 Å². The summed E-state index contributed by atoms with van der Waals surface area (Å²) in [5.74, 6) is -0.417. The lowest BCUT2D eigenvalue weighted by atomic mass is 10.2. The van der Waals surface area contributed by atoms with Crippen LogP contribution < -0.4 is 10.5 Å². The molecule has 3 rings (SSSR count). The molecule has 24 heavy (non-hydrogen) atoms. The number of fused-ring (bicyclic) bond motifs is 1. The van der Waals surface area contributed by atoms with Crippen LogP contribution in [-0.2, 0) is 16.6 Å². The molecule has 1 aromatic carbocycles. The zero-order chi connectivity index (χ0) is 17.3. The van der Waals surface area contributed by atoms with Gasteiger partial charge in [-0.05, 0) is 29.8 Å². The number of halogens is 1. The lowest BCUT2D eigenvalue weighted by molar-refractivity contribution is 0.0945. The van der Waals surface area contributed by atoms with Gasteiger partial charge in [0.2, 0.25) is 10.0 Å². The number of carbonyl (C=O) groups is 1. The number of imidazole rings is 1. The van der Waals surface area contributed by atoms with Gasteiger partial charge in [-0.3, -0.25) is 9.20 Å². The third-order valence-corrected chi connectivity index (χ3v) is 4.56. The molecule has 0 aliphatic rings. The fraction of sp³-hybridized carbons (Fsp3) is 0.0667. The minimum atomic E-state index is -3.79. The lowest BCUT2D eigenvalue weighted by Crippen LogP contribution is -2.24. The summed E-state index contributed by atoms with van der Waals surface area (Å²) in [7, 11) is -3.79. The molecule has 3 aromatic rings. The highest BCUT2D eigenvalue weighted by atomic mass is 35.5. The second kappa shape index (κ2) is 6.23. The van der Waals surface area contributed by atoms with Crippen molar-refractivity contribution in [3.05, 3.63) is 65.1 Å². The number of hydrogen-bond acceptors (Lipinski definition) is 4. The van der Waals surface area contributed by atoms with Gasteiger partial charge in [0, 0.05) is 12.7 Å². The Kier molecular flexibility index (Phi) is 4.27. The summed E-state index contributed by atoms with van der Waals surface area (Å²) in [6.07, 6.45) is 1.69. The van der Waals surface area contributed by atoms with Crippen molar-refractivity contribution in [2.45, 2.75) is 11.4 Å². The molecule has 0 saturated carbocycles. The molecule has 2 aromatic heterocycles. The molecule has 0 aliphatic carbocycles. The number of primary sulfonamides is 1. The van der Waals surface area contributed by atoms with Gasteiger partial charge in [0.05, 0.1) is 4.90 Å². The van der Waals surface area contributed by atoms with Gasteiger partial charge < -0.3 is 5.32 Å². The van der Waals surface area contributed by atoms with Crippen LogP contribution in [0, 0.1) is 0 Å². The number of amides is 1. The van der Waals surface area contributed by atoms with Crippen LogP contribution in [0.2, 0.25) is 5.15 Å². The molecule has 0 fully saturated rings. The zero-order valence-corrected chi connectivity index (χ0v) is 13.9. The quantitative estimate of drug-likeness (QED) is 0.732. The Labute approximate surface area is 143 Å². The number of hydrogen-bond donors (Lipinski definition) is 2. The highest BCUT2D eigenvalue weighted by Crippen LogP contribution is 2.17. The Morgan fingerprint density at radius 2 is 2.04 bits per heavy atom. The van der Waals surface area contributed by atoms with Gasteiger partial charge in [-0.2, -0.15) is 0 Å². The first-order valence-corrected chi connectivity index (χ1v) is 8.81. The Morgan fingerprint density at radius 1 is 1.25 bits per heavy atom. The molecule has 0 aliphatic heterocycles. The lowest BCUT2D eigenvalue weighted by Gasteiger charge is -2.07. The predicted molar refractivity (Wildman–Crippen MR) is 89.2 cm³/mol. The maximum Gasteiger partial charge on any atom is 0.271 e. The van der Waals surface area contributed by atoms with Gasteiger partial charge in [-0.1, -0.05) is 29.8 Å². The molecule has 9 heteroatoms. The molecular weight excluding hydrogens is 352 g/mol. The monoisotopic (exact) mass is 364 g/mol. The Hall–Kier alpha value is -2.42. The summed E-state index contributed by atoms with van der Waals surface area (Å²) in [6.45, 7) is 0.124. The molecule has 7 nitrogen and oxygen atoms in total. The van der Waals surface area contributed by atoms with Crippen molar-refractivity contribution in [2.24, 2.45) is 5.14 Å². The SMILES string of the molecule is NS(=O)(=O)c1cccc(CNC(=O)c2c(Cl)nc3ccccn23)c1. The maximum atomic E-state index is 12.4. The third-order valence-electron chi connectivity index (χ3n) is 3.38. The molecule has 0 saturated heterocycles. The summed E-state index contributed by atoms with van der Waals surface area (Å²) in [6, 6.07) is 11.3. The van der Waals surface area contributed by atoms with E-state index in [-0.39, 0.29) is 22.3 Å². The topological polar surface area (TPSA) is 107 Å². The number of benzene rings is 1. The third kappa shape index (κ3) is 3.25. The smallest absolute Gasteiger partial charge is 0.271 e. The van der Waals surface area contributed by atoms with Gasteiger partial charge in [-0.25, -0.2) is 18.5 Å². The van der Waals surface area contributed by atoms with E-state index in [1.54, 1.807) is 40.9 Å². The summed E-state index contributed by atoms with van der Waals surface area (Å²) in [5, 5.41) is 7.88. The molecule has 0 radical (unpaired) electrons. The van der Waals surface area contributed by atoms with Crippen LogP contribution in [0.15, 0.2) is 53.6 Å². The molecule has 0 bridgehead atoms. The molecular formula is C15H13ClN4O3S. The largest absolute Gasteiger partial charge is 0.347 e. The van der Waals surface area contributed by atoms with E-state index in [0.717, 1.165) is 0 Å². The number of rotatable bonds is 4. The van der Waals surface area contributed by atoms with Crippen LogP contribution in [0.25, 0.3) is 5.65 Å². The van der Waals surface area contributed by atoms with Crippen LogP contribution in [0.3, 0.4) is 0 Å². The fourth-order valence-corrected chi connectivity index (χ4v) is 3.12. The Bertz CT molecular complexity index is 1030. The number of nitrogens with one attached hydrogen (secondary N) is 1. The van der Waals surface area contributed by atoms with Crippen molar-refractivity contribution >= 4 is 33.2 Å². The summed E-state index contributed by atoms with van der Waals surface area (Å²) in [5.41, 5.74) is 1.37. The highest BCUT2D eigenvalue weighted by molar-refractivity contribution is 7.89. The fourth-order valence-electron chi connectivity index (χ4n) is 2.27. The number of nitrogens with two attached hydrogens (primary N) is 1. The first-order chi connectivity index (χ1) is 11.4. The van der Waals surface area contributed by atoms with Crippen LogP contribution in [0.5, 0.6) is 0 Å². The number of aromatic nitrogens is 2. The van der Waals surface area contributed by atoms with E-state index in [9.17, 15) is 13.2 Å². The predicted octanol–water partition coefficient (Wildman–Crippen LogP) is 1.57. The molecule has 0 atom stereocenters. The van der Waals surface area contributed by atoms with E-state index in [0.29, 0.717) is 11.2 Å². The zero-order valence-electron chi connectivity index (χ0n) is 12.3. The van der Waals surface area contributed by atoms with Gasteiger partial charge in [-0.15, -0.1) is 0 Å². The van der Waals surface area contributed by atoms with Gasteiger partial charge in [0.1, 0.15) is 5.65 Å². The second-order valence-electron chi connectivity index (χ2n) is 5.06. The van der Waals surface area contributed by atoms with Crippen molar-refractivity contribution in [3.63, 3.8) is 0 Å². The van der Waals surface area contributed by atoms with Crippen LogP contribution >= 0.6 is 11.6 Å². The highest BCUT2D eigenvalue weighted by Gasteiger charge is 2.17. The number of sulfonamides is 1. The summed E-state index contributed by atoms with van der Waals surface area (Å²) >= 11 is 6.04. The van der Waals surface area contributed by atoms with Gasteiger partial charge in [0.15, 0.2) is 10.8 Å². The minimum Gasteiger partial charge on any atom is -0.347 e. The molecule has 2 heterocycles.